The molecule has 3 nitrogen and oxygen atoms in total. The van der Waals surface area contributed by atoms with Crippen LogP contribution in [0.2, 0.25) is 0 Å². The molecule has 1 rings (SSSR count). The van der Waals surface area contributed by atoms with Crippen LogP contribution in [0.1, 0.15) is 11.1 Å². The topological polar surface area (TPSA) is 35.5 Å². The maximum atomic E-state index is 12.2. The summed E-state index contributed by atoms with van der Waals surface area (Å²) < 4.78 is 34.0. The molecule has 0 N–H and O–H groups in total. The summed E-state index contributed by atoms with van der Waals surface area (Å²) in [5, 5.41) is 0. The van der Waals surface area contributed by atoms with E-state index >= 15 is 0 Å². The van der Waals surface area contributed by atoms with E-state index in [9.17, 15) is 13.6 Å². The fraction of sp³-hybridized carbons (Fsp3) is 0.364. The van der Waals surface area contributed by atoms with Gasteiger partial charge in [-0.3, -0.25) is 4.79 Å². The van der Waals surface area contributed by atoms with Gasteiger partial charge in [0.05, 0.1) is 13.5 Å². The molecule has 0 atom stereocenters. The lowest BCUT2D eigenvalue weighted by molar-refractivity contribution is -0.139. The van der Waals surface area contributed by atoms with Crippen LogP contribution in [0.4, 0.5) is 8.78 Å². The average molecular weight is 309 g/mol. The van der Waals surface area contributed by atoms with Gasteiger partial charge >= 0.3 is 12.6 Å². The molecule has 17 heavy (non-hydrogen) atoms. The smallest absolute Gasteiger partial charge is 0.387 e. The van der Waals surface area contributed by atoms with Gasteiger partial charge in [0, 0.05) is 10.0 Å². The Morgan fingerprint density at radius 1 is 1.47 bits per heavy atom. The molecule has 0 heterocycles. The number of ether oxygens (including phenoxy) is 2. The number of rotatable bonds is 4. The zero-order valence-electron chi connectivity index (χ0n) is 9.30. The number of benzene rings is 1. The second-order valence-corrected chi connectivity index (χ2v) is 4.13. The minimum Gasteiger partial charge on any atom is -0.469 e. The highest BCUT2D eigenvalue weighted by Crippen LogP contribution is 2.30. The highest BCUT2D eigenvalue weighted by molar-refractivity contribution is 9.10. The average Bonchev–Trinajstić information content (AvgIpc) is 2.27. The SMILES string of the molecule is COC(=O)Cc1c(OC(F)F)ccc(Br)c1C. The number of esters is 1. The lowest BCUT2D eigenvalue weighted by atomic mass is 10.0. The van der Waals surface area contributed by atoms with Gasteiger partial charge in [0.15, 0.2) is 0 Å². The van der Waals surface area contributed by atoms with Crippen molar-refractivity contribution < 1.29 is 23.0 Å². The first-order valence-electron chi connectivity index (χ1n) is 4.75. The first-order valence-corrected chi connectivity index (χ1v) is 5.54. The molecule has 0 saturated carbocycles. The van der Waals surface area contributed by atoms with Crippen molar-refractivity contribution in [1.82, 2.24) is 0 Å². The van der Waals surface area contributed by atoms with Gasteiger partial charge in [-0.1, -0.05) is 15.9 Å². The van der Waals surface area contributed by atoms with Gasteiger partial charge in [-0.2, -0.15) is 8.78 Å². The van der Waals surface area contributed by atoms with Crippen molar-refractivity contribution in [2.45, 2.75) is 20.0 Å². The molecule has 0 aliphatic carbocycles. The molecule has 0 radical (unpaired) electrons. The Morgan fingerprint density at radius 3 is 2.65 bits per heavy atom. The van der Waals surface area contributed by atoms with Gasteiger partial charge in [-0.25, -0.2) is 0 Å². The molecular formula is C11H11BrF2O3. The number of halogens is 3. The third-order valence-electron chi connectivity index (χ3n) is 2.25. The Hall–Kier alpha value is -1.17. The predicted molar refractivity (Wildman–Crippen MR) is 61.2 cm³/mol. The minimum atomic E-state index is -2.92. The normalized spacial score (nSPS) is 10.5. The van der Waals surface area contributed by atoms with Crippen molar-refractivity contribution in [2.24, 2.45) is 0 Å². The predicted octanol–water partition coefficient (Wildman–Crippen LogP) is 3.07. The summed E-state index contributed by atoms with van der Waals surface area (Å²) in [6, 6.07) is 2.98. The van der Waals surface area contributed by atoms with E-state index in [1.807, 2.05) is 0 Å². The quantitative estimate of drug-likeness (QED) is 0.802. The largest absolute Gasteiger partial charge is 0.469 e. The molecule has 0 bridgehead atoms. The van der Waals surface area contributed by atoms with Crippen molar-refractivity contribution in [3.63, 3.8) is 0 Å². The summed E-state index contributed by atoms with van der Waals surface area (Å²) in [6.45, 7) is -1.22. The van der Waals surface area contributed by atoms with Crippen LogP contribution in [-0.4, -0.2) is 19.7 Å². The number of carbonyl (C=O) groups is 1. The summed E-state index contributed by atoms with van der Waals surface area (Å²) in [7, 11) is 1.24. The Balaban J connectivity index is 3.11. The van der Waals surface area contributed by atoms with E-state index in [2.05, 4.69) is 25.4 Å². The van der Waals surface area contributed by atoms with Crippen LogP contribution >= 0.6 is 15.9 Å². The summed E-state index contributed by atoms with van der Waals surface area (Å²) >= 11 is 3.26. The van der Waals surface area contributed by atoms with Crippen LogP contribution in [0.25, 0.3) is 0 Å². The fourth-order valence-corrected chi connectivity index (χ4v) is 1.72. The van der Waals surface area contributed by atoms with Crippen molar-refractivity contribution in [2.75, 3.05) is 7.11 Å². The zero-order valence-corrected chi connectivity index (χ0v) is 10.9. The second kappa shape index (κ2) is 5.95. The van der Waals surface area contributed by atoms with Crippen molar-refractivity contribution >= 4 is 21.9 Å². The lowest BCUT2D eigenvalue weighted by Crippen LogP contribution is -2.10. The molecule has 0 aliphatic rings. The highest BCUT2D eigenvalue weighted by Gasteiger charge is 2.16. The standard InChI is InChI=1S/C11H11BrF2O3/c1-6-7(5-10(15)16-2)9(17-11(13)14)4-3-8(6)12/h3-4,11H,5H2,1-2H3. The van der Waals surface area contributed by atoms with Gasteiger partial charge in [0.1, 0.15) is 5.75 Å². The van der Waals surface area contributed by atoms with Crippen molar-refractivity contribution in [3.05, 3.63) is 27.7 Å². The van der Waals surface area contributed by atoms with Crippen LogP contribution in [0.5, 0.6) is 5.75 Å². The van der Waals surface area contributed by atoms with E-state index in [1.165, 1.54) is 13.2 Å². The summed E-state index contributed by atoms with van der Waals surface area (Å²) in [5.41, 5.74) is 1.07. The van der Waals surface area contributed by atoms with Crippen LogP contribution in [0.3, 0.4) is 0 Å². The third kappa shape index (κ3) is 3.66. The molecule has 94 valence electrons. The molecule has 6 heteroatoms. The number of hydrogen-bond donors (Lipinski definition) is 0. The Bertz CT molecular complexity index is 421. The van der Waals surface area contributed by atoms with E-state index < -0.39 is 12.6 Å². The molecule has 0 aromatic heterocycles. The zero-order chi connectivity index (χ0) is 13.0. The van der Waals surface area contributed by atoms with Gasteiger partial charge in [0.25, 0.3) is 0 Å². The molecule has 0 aliphatic heterocycles. The molecule has 0 fully saturated rings. The van der Waals surface area contributed by atoms with E-state index in [-0.39, 0.29) is 12.2 Å². The maximum absolute atomic E-state index is 12.2. The molecule has 1 aromatic carbocycles. The van der Waals surface area contributed by atoms with Gasteiger partial charge in [-0.05, 0) is 24.6 Å². The van der Waals surface area contributed by atoms with Crippen LogP contribution < -0.4 is 4.74 Å². The van der Waals surface area contributed by atoms with Crippen LogP contribution in [0, 0.1) is 6.92 Å². The first kappa shape index (κ1) is 13.9. The molecule has 0 amide bonds. The lowest BCUT2D eigenvalue weighted by Gasteiger charge is -2.13. The monoisotopic (exact) mass is 308 g/mol. The summed E-state index contributed by atoms with van der Waals surface area (Å²) in [6.07, 6.45) is -0.107. The molecule has 0 spiro atoms. The summed E-state index contributed by atoms with van der Waals surface area (Å²) in [4.78, 5) is 11.2. The maximum Gasteiger partial charge on any atom is 0.387 e. The van der Waals surface area contributed by atoms with E-state index in [0.717, 1.165) is 4.47 Å². The Labute approximate surface area is 106 Å². The number of alkyl halides is 2. The van der Waals surface area contributed by atoms with Crippen LogP contribution in [-0.2, 0) is 16.0 Å². The van der Waals surface area contributed by atoms with E-state index in [4.69, 9.17) is 0 Å². The van der Waals surface area contributed by atoms with Crippen LogP contribution in [0.15, 0.2) is 16.6 Å². The Morgan fingerprint density at radius 2 is 2.12 bits per heavy atom. The third-order valence-corrected chi connectivity index (χ3v) is 3.11. The minimum absolute atomic E-state index is 0.00824. The van der Waals surface area contributed by atoms with Gasteiger partial charge in [-0.15, -0.1) is 0 Å². The van der Waals surface area contributed by atoms with E-state index in [0.29, 0.717) is 11.1 Å². The molecule has 0 unspecified atom stereocenters. The summed E-state index contributed by atoms with van der Waals surface area (Å²) in [5.74, 6) is -0.517. The van der Waals surface area contributed by atoms with Gasteiger partial charge < -0.3 is 9.47 Å². The first-order chi connectivity index (χ1) is 7.95. The molecule has 0 saturated heterocycles. The number of hydrogen-bond acceptors (Lipinski definition) is 3. The van der Waals surface area contributed by atoms with Gasteiger partial charge in [0.2, 0.25) is 0 Å². The second-order valence-electron chi connectivity index (χ2n) is 3.28. The molecular weight excluding hydrogens is 298 g/mol. The number of carbonyl (C=O) groups excluding carboxylic acids is 1. The fourth-order valence-electron chi connectivity index (χ4n) is 1.35. The molecule has 1 aromatic rings. The highest BCUT2D eigenvalue weighted by atomic mass is 79.9. The van der Waals surface area contributed by atoms with Crippen molar-refractivity contribution in [3.8, 4) is 5.75 Å². The van der Waals surface area contributed by atoms with E-state index in [1.54, 1.807) is 13.0 Å². The number of methoxy groups -OCH3 is 1. The Kier molecular flexibility index (Phi) is 4.86. The van der Waals surface area contributed by atoms with Crippen molar-refractivity contribution in [1.29, 1.82) is 0 Å².